The van der Waals surface area contributed by atoms with Crippen molar-refractivity contribution in [1.82, 2.24) is 9.99 Å². The number of carbonyl (C=O) groups is 1. The quantitative estimate of drug-likeness (QED) is 0.360. The summed E-state index contributed by atoms with van der Waals surface area (Å²) in [6.45, 7) is 3.12. The van der Waals surface area contributed by atoms with Crippen LogP contribution >= 0.6 is 15.9 Å². The SMILES string of the molecule is CC(C)(Cn1cc([N+](=O)[O-])cc(Br)c1=O)C(=O)NN. The molecular weight excluding hydrogens is 320 g/mol. The van der Waals surface area contributed by atoms with E-state index in [2.05, 4.69) is 15.9 Å². The second-order valence-electron chi connectivity index (χ2n) is 4.59. The largest absolute Gasteiger partial charge is 0.307 e. The third-order valence-electron chi connectivity index (χ3n) is 2.55. The molecule has 1 aromatic rings. The number of nitrogens with one attached hydrogen (secondary N) is 1. The van der Waals surface area contributed by atoms with Crippen LogP contribution in [0.5, 0.6) is 0 Å². The van der Waals surface area contributed by atoms with Gasteiger partial charge in [0.05, 0.1) is 21.0 Å². The van der Waals surface area contributed by atoms with Crippen LogP contribution in [0.25, 0.3) is 0 Å². The van der Waals surface area contributed by atoms with Gasteiger partial charge in [-0.3, -0.25) is 25.1 Å². The van der Waals surface area contributed by atoms with Crippen molar-refractivity contribution in [3.63, 3.8) is 0 Å². The van der Waals surface area contributed by atoms with E-state index < -0.39 is 21.8 Å². The number of hydrazine groups is 1. The summed E-state index contributed by atoms with van der Waals surface area (Å²) in [7, 11) is 0. The number of aromatic nitrogens is 1. The average molecular weight is 333 g/mol. The number of nitrogens with zero attached hydrogens (tertiary/aromatic N) is 2. The van der Waals surface area contributed by atoms with Crippen LogP contribution in [0, 0.1) is 15.5 Å². The highest BCUT2D eigenvalue weighted by molar-refractivity contribution is 9.10. The fraction of sp³-hybridized carbons (Fsp3) is 0.400. The number of halogens is 1. The summed E-state index contributed by atoms with van der Waals surface area (Å²) in [5.74, 6) is 4.58. The van der Waals surface area contributed by atoms with E-state index in [0.717, 1.165) is 16.8 Å². The van der Waals surface area contributed by atoms with Crippen LogP contribution in [0.1, 0.15) is 13.8 Å². The summed E-state index contributed by atoms with van der Waals surface area (Å²) >= 11 is 2.96. The Balaban J connectivity index is 3.25. The molecule has 0 aliphatic rings. The lowest BCUT2D eigenvalue weighted by Crippen LogP contribution is -2.44. The summed E-state index contributed by atoms with van der Waals surface area (Å²) in [5.41, 5.74) is 0.323. The minimum atomic E-state index is -0.979. The normalized spacial score (nSPS) is 11.2. The molecule has 9 heteroatoms. The third kappa shape index (κ3) is 3.38. The van der Waals surface area contributed by atoms with Gasteiger partial charge in [-0.1, -0.05) is 0 Å². The van der Waals surface area contributed by atoms with Gasteiger partial charge in [0.1, 0.15) is 0 Å². The molecule has 1 rings (SSSR count). The van der Waals surface area contributed by atoms with Crippen LogP contribution in [0.3, 0.4) is 0 Å². The lowest BCUT2D eigenvalue weighted by molar-refractivity contribution is -0.385. The fourth-order valence-corrected chi connectivity index (χ4v) is 1.96. The van der Waals surface area contributed by atoms with Gasteiger partial charge in [-0.2, -0.15) is 0 Å². The van der Waals surface area contributed by atoms with Gasteiger partial charge in [0, 0.05) is 12.6 Å². The van der Waals surface area contributed by atoms with Crippen molar-refractivity contribution in [2.24, 2.45) is 11.3 Å². The number of hydrogen-bond acceptors (Lipinski definition) is 5. The Bertz CT molecular complexity index is 581. The zero-order valence-electron chi connectivity index (χ0n) is 10.3. The Kier molecular flexibility index (Phi) is 4.43. The summed E-state index contributed by atoms with van der Waals surface area (Å²) in [6.07, 6.45) is 1.10. The zero-order valence-corrected chi connectivity index (χ0v) is 11.9. The van der Waals surface area contributed by atoms with Gasteiger partial charge in [-0.05, 0) is 29.8 Å². The van der Waals surface area contributed by atoms with Crippen molar-refractivity contribution in [1.29, 1.82) is 0 Å². The smallest absolute Gasteiger partial charge is 0.286 e. The van der Waals surface area contributed by atoms with E-state index in [4.69, 9.17) is 5.84 Å². The fourth-order valence-electron chi connectivity index (χ4n) is 1.49. The zero-order chi connectivity index (χ0) is 14.8. The first-order chi connectivity index (χ1) is 8.69. The molecule has 19 heavy (non-hydrogen) atoms. The first-order valence-corrected chi connectivity index (χ1v) is 6.04. The third-order valence-corrected chi connectivity index (χ3v) is 3.12. The highest BCUT2D eigenvalue weighted by Gasteiger charge is 2.28. The van der Waals surface area contributed by atoms with Gasteiger partial charge < -0.3 is 4.57 Å². The van der Waals surface area contributed by atoms with Crippen molar-refractivity contribution in [3.8, 4) is 0 Å². The molecule has 1 aromatic heterocycles. The first kappa shape index (κ1) is 15.3. The monoisotopic (exact) mass is 332 g/mol. The molecule has 0 radical (unpaired) electrons. The Morgan fingerprint density at radius 3 is 2.68 bits per heavy atom. The maximum Gasteiger partial charge on any atom is 0.286 e. The summed E-state index contributed by atoms with van der Waals surface area (Å²) < 4.78 is 1.17. The molecule has 0 aromatic carbocycles. The average Bonchev–Trinajstić information content (AvgIpc) is 2.32. The minimum absolute atomic E-state index is 0.0326. The molecule has 0 saturated heterocycles. The highest BCUT2D eigenvalue weighted by atomic mass is 79.9. The molecule has 104 valence electrons. The predicted octanol–water partition coefficient (Wildman–Crippen LogP) is 0.535. The molecule has 0 fully saturated rings. The molecule has 1 amide bonds. The number of amides is 1. The van der Waals surface area contributed by atoms with Gasteiger partial charge in [-0.15, -0.1) is 0 Å². The van der Waals surface area contributed by atoms with Gasteiger partial charge in [0.25, 0.3) is 11.2 Å². The summed E-state index contributed by atoms with van der Waals surface area (Å²) in [6, 6.07) is 1.12. The van der Waals surface area contributed by atoms with Crippen LogP contribution in [-0.4, -0.2) is 15.4 Å². The van der Waals surface area contributed by atoms with Gasteiger partial charge in [0.15, 0.2) is 0 Å². The molecule has 0 spiro atoms. The van der Waals surface area contributed by atoms with Crippen LogP contribution in [0.2, 0.25) is 0 Å². The molecule has 3 N–H and O–H groups in total. The topological polar surface area (TPSA) is 120 Å². The van der Waals surface area contributed by atoms with E-state index in [-0.39, 0.29) is 16.7 Å². The second kappa shape index (κ2) is 5.49. The van der Waals surface area contributed by atoms with E-state index in [1.807, 2.05) is 5.43 Å². The maximum absolute atomic E-state index is 11.9. The number of rotatable bonds is 4. The number of nitro groups is 1. The summed E-state index contributed by atoms with van der Waals surface area (Å²) in [4.78, 5) is 33.5. The van der Waals surface area contributed by atoms with Crippen LogP contribution in [0.4, 0.5) is 5.69 Å². The van der Waals surface area contributed by atoms with E-state index in [0.29, 0.717) is 0 Å². The van der Waals surface area contributed by atoms with Crippen molar-refractivity contribution < 1.29 is 9.72 Å². The Morgan fingerprint density at radius 2 is 2.21 bits per heavy atom. The number of hydrogen-bond donors (Lipinski definition) is 2. The predicted molar refractivity (Wildman–Crippen MR) is 71.2 cm³/mol. The van der Waals surface area contributed by atoms with Gasteiger partial charge in [-0.25, -0.2) is 5.84 Å². The van der Waals surface area contributed by atoms with Crippen molar-refractivity contribution in [3.05, 3.63) is 37.2 Å². The summed E-state index contributed by atoms with van der Waals surface area (Å²) in [5, 5.41) is 10.7. The molecule has 0 atom stereocenters. The molecule has 0 aliphatic heterocycles. The molecule has 8 nitrogen and oxygen atoms in total. The van der Waals surface area contributed by atoms with Crippen LogP contribution in [-0.2, 0) is 11.3 Å². The molecule has 1 heterocycles. The van der Waals surface area contributed by atoms with E-state index in [1.54, 1.807) is 13.8 Å². The maximum atomic E-state index is 11.9. The number of carbonyl (C=O) groups excluding carboxylic acids is 1. The highest BCUT2D eigenvalue weighted by Crippen LogP contribution is 2.20. The molecular formula is C10H13BrN4O4. The minimum Gasteiger partial charge on any atom is -0.307 e. The lowest BCUT2D eigenvalue weighted by atomic mass is 9.92. The van der Waals surface area contributed by atoms with Crippen LogP contribution < -0.4 is 16.8 Å². The van der Waals surface area contributed by atoms with Gasteiger partial charge >= 0.3 is 0 Å². The van der Waals surface area contributed by atoms with Crippen molar-refractivity contribution in [2.75, 3.05) is 0 Å². The van der Waals surface area contributed by atoms with E-state index >= 15 is 0 Å². The second-order valence-corrected chi connectivity index (χ2v) is 5.45. The lowest BCUT2D eigenvalue weighted by Gasteiger charge is -2.23. The number of nitrogens with two attached hydrogens (primary N) is 1. The molecule has 0 bridgehead atoms. The Hall–Kier alpha value is -1.74. The van der Waals surface area contributed by atoms with Crippen LogP contribution in [0.15, 0.2) is 21.5 Å². The standard InChI is InChI=1S/C10H13BrN4O4/c1-10(2,9(17)13-12)5-14-4-6(15(18)19)3-7(11)8(14)16/h3-4H,5,12H2,1-2H3,(H,13,17). The Morgan fingerprint density at radius 1 is 1.63 bits per heavy atom. The molecule has 0 aliphatic carbocycles. The van der Waals surface area contributed by atoms with Gasteiger partial charge in [0.2, 0.25) is 5.91 Å². The Labute approximate surface area is 116 Å². The molecule has 0 unspecified atom stereocenters. The first-order valence-electron chi connectivity index (χ1n) is 5.24. The molecule has 0 saturated carbocycles. The van der Waals surface area contributed by atoms with Crippen molar-refractivity contribution in [2.45, 2.75) is 20.4 Å². The van der Waals surface area contributed by atoms with E-state index in [9.17, 15) is 19.7 Å². The van der Waals surface area contributed by atoms with E-state index in [1.165, 1.54) is 0 Å². The van der Waals surface area contributed by atoms with Crippen molar-refractivity contribution >= 4 is 27.5 Å². The number of pyridine rings is 1.